The maximum absolute atomic E-state index is 6.26. The van der Waals surface area contributed by atoms with Crippen LogP contribution in [0.2, 0.25) is 0 Å². The van der Waals surface area contributed by atoms with E-state index >= 15 is 0 Å². The third-order valence-corrected chi connectivity index (χ3v) is 8.48. The van der Waals surface area contributed by atoms with Crippen LogP contribution in [0, 0.1) is 13.8 Å². The zero-order valence-electron chi connectivity index (χ0n) is 24.4. The molecular weight excluding hydrogens is 510 g/mol. The van der Waals surface area contributed by atoms with Crippen molar-refractivity contribution in [2.45, 2.75) is 52.2 Å². The van der Waals surface area contributed by atoms with Crippen LogP contribution >= 0.6 is 0 Å². The molecular formula is C35H41N3O3. The van der Waals surface area contributed by atoms with Gasteiger partial charge < -0.3 is 14.0 Å². The Morgan fingerprint density at radius 1 is 0.829 bits per heavy atom. The molecule has 0 unspecified atom stereocenters. The van der Waals surface area contributed by atoms with Gasteiger partial charge in [-0.1, -0.05) is 65.8 Å². The molecule has 1 saturated heterocycles. The molecule has 41 heavy (non-hydrogen) atoms. The van der Waals surface area contributed by atoms with Crippen molar-refractivity contribution < 1.29 is 14.0 Å². The summed E-state index contributed by atoms with van der Waals surface area (Å²) in [4.78, 5) is 5.24. The van der Waals surface area contributed by atoms with E-state index in [1.165, 1.54) is 35.1 Å². The molecule has 0 amide bonds. The Morgan fingerprint density at radius 2 is 1.66 bits per heavy atom. The Balaban J connectivity index is 1.19. The predicted octanol–water partition coefficient (Wildman–Crippen LogP) is 6.42. The van der Waals surface area contributed by atoms with E-state index in [1.807, 2.05) is 13.8 Å². The fourth-order valence-electron chi connectivity index (χ4n) is 6.37. The van der Waals surface area contributed by atoms with Gasteiger partial charge in [-0.05, 0) is 79.7 Å². The smallest absolute Gasteiger partial charge is 0.141 e. The Hall–Kier alpha value is -3.45. The highest BCUT2D eigenvalue weighted by Crippen LogP contribution is 2.32. The van der Waals surface area contributed by atoms with Gasteiger partial charge in [-0.3, -0.25) is 9.80 Å². The van der Waals surface area contributed by atoms with Crippen LogP contribution in [0.4, 0.5) is 0 Å². The van der Waals surface area contributed by atoms with Crippen LogP contribution in [0.1, 0.15) is 46.5 Å². The number of ether oxygens (including phenoxy) is 2. The third kappa shape index (κ3) is 6.89. The number of aryl methyl sites for hydroxylation is 2. The lowest BCUT2D eigenvalue weighted by Crippen LogP contribution is -2.45. The maximum atomic E-state index is 6.26. The Labute approximate surface area is 243 Å². The minimum Gasteiger partial charge on any atom is -0.491 e. The molecule has 6 heteroatoms. The molecule has 4 aromatic rings. The van der Waals surface area contributed by atoms with Gasteiger partial charge in [0, 0.05) is 37.7 Å². The van der Waals surface area contributed by atoms with Gasteiger partial charge in [-0.2, -0.15) is 0 Å². The molecule has 3 aromatic carbocycles. The highest BCUT2D eigenvalue weighted by atomic mass is 16.5. The van der Waals surface area contributed by atoms with Gasteiger partial charge in [0.1, 0.15) is 18.1 Å². The van der Waals surface area contributed by atoms with Gasteiger partial charge in [0.25, 0.3) is 0 Å². The van der Waals surface area contributed by atoms with Crippen molar-refractivity contribution in [2.75, 3.05) is 39.5 Å². The summed E-state index contributed by atoms with van der Waals surface area (Å²) in [5.41, 5.74) is 8.31. The van der Waals surface area contributed by atoms with Gasteiger partial charge >= 0.3 is 0 Å². The molecule has 6 rings (SSSR count). The zero-order valence-corrected chi connectivity index (χ0v) is 24.4. The van der Waals surface area contributed by atoms with Crippen LogP contribution in [-0.4, -0.2) is 60.5 Å². The lowest BCUT2D eigenvalue weighted by molar-refractivity contribution is 0.0465. The molecule has 0 atom stereocenters. The van der Waals surface area contributed by atoms with E-state index in [1.54, 1.807) is 0 Å². The average molecular weight is 552 g/mol. The number of aromatic nitrogens is 1. The average Bonchev–Trinajstić information content (AvgIpc) is 3.33. The first kappa shape index (κ1) is 27.7. The summed E-state index contributed by atoms with van der Waals surface area (Å²) in [6, 6.07) is 26.9. The monoisotopic (exact) mass is 551 g/mol. The van der Waals surface area contributed by atoms with Crippen molar-refractivity contribution in [1.29, 1.82) is 0 Å². The van der Waals surface area contributed by atoms with Crippen LogP contribution in [0.3, 0.4) is 0 Å². The maximum Gasteiger partial charge on any atom is 0.141 e. The van der Waals surface area contributed by atoms with Crippen molar-refractivity contribution in [1.82, 2.24) is 15.0 Å². The zero-order chi connectivity index (χ0) is 28.0. The number of rotatable bonds is 4. The van der Waals surface area contributed by atoms with E-state index in [2.05, 4.69) is 87.8 Å². The lowest BCUT2D eigenvalue weighted by Gasteiger charge is -2.38. The standard InChI is InChI=1S/C35H41N3O3/c1-26-35(27(2)41-36-26)31-11-12-34-32(23-31)22-29-9-6-10-30(21-29)25-38(17-18-39-19-20-40-34)33-13-15-37(16-14-33)24-28-7-4-3-5-8-28/h3-12,21,23,33H,13-20,22,24-25H2,1-2H3. The number of likely N-dealkylation sites (tertiary alicyclic amines) is 1. The molecule has 0 radical (unpaired) electrons. The van der Waals surface area contributed by atoms with E-state index < -0.39 is 0 Å². The van der Waals surface area contributed by atoms with E-state index in [9.17, 15) is 0 Å². The van der Waals surface area contributed by atoms with E-state index in [0.29, 0.717) is 25.9 Å². The summed E-state index contributed by atoms with van der Waals surface area (Å²) in [5.74, 6) is 1.75. The Bertz CT molecular complexity index is 1410. The summed E-state index contributed by atoms with van der Waals surface area (Å²) in [6.07, 6.45) is 3.18. The SMILES string of the molecule is Cc1noc(C)c1-c1ccc2c(c1)Cc1cccc(c1)CN(C1CCN(Cc3ccccc3)CC1)CCOCCO2. The number of hydrogen-bond donors (Lipinski definition) is 0. The topological polar surface area (TPSA) is 51.0 Å². The minimum absolute atomic E-state index is 0.537. The highest BCUT2D eigenvalue weighted by molar-refractivity contribution is 5.69. The Morgan fingerprint density at radius 3 is 2.46 bits per heavy atom. The van der Waals surface area contributed by atoms with Crippen molar-refractivity contribution >= 4 is 0 Å². The van der Waals surface area contributed by atoms with Crippen LogP contribution in [0.25, 0.3) is 11.1 Å². The number of fused-ring (bicyclic) bond motifs is 3. The molecule has 2 bridgehead atoms. The molecule has 0 aliphatic carbocycles. The Kier molecular flexibility index (Phi) is 8.80. The highest BCUT2D eigenvalue weighted by Gasteiger charge is 2.25. The van der Waals surface area contributed by atoms with E-state index in [0.717, 1.165) is 67.5 Å². The molecule has 2 aliphatic rings. The molecule has 1 aromatic heterocycles. The third-order valence-electron chi connectivity index (χ3n) is 8.48. The fourth-order valence-corrected chi connectivity index (χ4v) is 6.37. The second-order valence-corrected chi connectivity index (χ2v) is 11.4. The summed E-state index contributed by atoms with van der Waals surface area (Å²) in [7, 11) is 0. The molecule has 2 aliphatic heterocycles. The largest absolute Gasteiger partial charge is 0.491 e. The summed E-state index contributed by atoms with van der Waals surface area (Å²) < 4.78 is 17.8. The molecule has 0 N–H and O–H groups in total. The number of benzene rings is 3. The molecule has 6 nitrogen and oxygen atoms in total. The second kappa shape index (κ2) is 13.0. The quantitative estimate of drug-likeness (QED) is 0.292. The van der Waals surface area contributed by atoms with Crippen molar-refractivity contribution in [3.8, 4) is 16.9 Å². The molecule has 3 heterocycles. The number of nitrogens with zero attached hydrogens (tertiary/aromatic N) is 3. The van der Waals surface area contributed by atoms with Crippen LogP contribution in [0.15, 0.2) is 77.3 Å². The normalized spacial score (nSPS) is 17.9. The number of hydrogen-bond acceptors (Lipinski definition) is 6. The summed E-state index contributed by atoms with van der Waals surface area (Å²) >= 11 is 0. The fraction of sp³-hybridized carbons (Fsp3) is 0.400. The first-order valence-corrected chi connectivity index (χ1v) is 15.0. The molecule has 0 spiro atoms. The van der Waals surface area contributed by atoms with Crippen molar-refractivity contribution in [3.63, 3.8) is 0 Å². The predicted molar refractivity (Wildman–Crippen MR) is 162 cm³/mol. The number of piperidine rings is 1. The minimum atomic E-state index is 0.537. The summed E-state index contributed by atoms with van der Waals surface area (Å²) in [6.45, 7) is 11.0. The summed E-state index contributed by atoms with van der Waals surface area (Å²) in [5, 5.41) is 4.17. The lowest BCUT2D eigenvalue weighted by atomic mass is 9.96. The van der Waals surface area contributed by atoms with Crippen LogP contribution < -0.4 is 4.74 Å². The van der Waals surface area contributed by atoms with Gasteiger partial charge in [-0.25, -0.2) is 0 Å². The van der Waals surface area contributed by atoms with E-state index in [-0.39, 0.29) is 0 Å². The molecule has 1 fully saturated rings. The van der Waals surface area contributed by atoms with Gasteiger partial charge in [0.15, 0.2) is 0 Å². The molecule has 0 saturated carbocycles. The van der Waals surface area contributed by atoms with Gasteiger partial charge in [0.05, 0.1) is 18.9 Å². The first-order chi connectivity index (χ1) is 20.1. The first-order valence-electron chi connectivity index (χ1n) is 15.0. The van der Waals surface area contributed by atoms with Crippen LogP contribution in [-0.2, 0) is 24.2 Å². The van der Waals surface area contributed by atoms with E-state index in [4.69, 9.17) is 14.0 Å². The van der Waals surface area contributed by atoms with Gasteiger partial charge in [-0.15, -0.1) is 0 Å². The van der Waals surface area contributed by atoms with Crippen molar-refractivity contribution in [2.24, 2.45) is 0 Å². The van der Waals surface area contributed by atoms with Gasteiger partial charge in [0.2, 0.25) is 0 Å². The van der Waals surface area contributed by atoms with Crippen LogP contribution in [0.5, 0.6) is 5.75 Å². The second-order valence-electron chi connectivity index (χ2n) is 11.4. The van der Waals surface area contributed by atoms with Crippen molar-refractivity contribution in [3.05, 3.63) is 107 Å². The molecule has 214 valence electrons.